The average Bonchev–Trinajstić information content (AvgIpc) is 2.98. The molecule has 1 atom stereocenters. The van der Waals surface area contributed by atoms with E-state index in [9.17, 15) is 4.79 Å². The van der Waals surface area contributed by atoms with Crippen molar-refractivity contribution in [3.8, 4) is 0 Å². The molecule has 0 aromatic carbocycles. The molecule has 2 heterocycles. The van der Waals surface area contributed by atoms with Gasteiger partial charge in [-0.3, -0.25) is 4.79 Å². The van der Waals surface area contributed by atoms with Crippen LogP contribution in [0.1, 0.15) is 29.0 Å². The Balaban J connectivity index is 1.90. The van der Waals surface area contributed by atoms with Crippen LogP contribution in [0.15, 0.2) is 39.4 Å². The zero-order valence-corrected chi connectivity index (χ0v) is 10.2. The van der Waals surface area contributed by atoms with Gasteiger partial charge in [0, 0.05) is 12.5 Å². The second kappa shape index (κ2) is 5.55. The molecule has 2 aromatic heterocycles. The Morgan fingerprint density at radius 1 is 1.39 bits per heavy atom. The van der Waals surface area contributed by atoms with Gasteiger partial charge in [0.15, 0.2) is 5.76 Å². The summed E-state index contributed by atoms with van der Waals surface area (Å²) in [5.41, 5.74) is 5.42. The summed E-state index contributed by atoms with van der Waals surface area (Å²) < 4.78 is 10.5. The fourth-order valence-electron chi connectivity index (χ4n) is 1.69. The molecule has 0 aliphatic heterocycles. The third-order valence-electron chi connectivity index (χ3n) is 2.55. The zero-order chi connectivity index (χ0) is 13.0. The summed E-state index contributed by atoms with van der Waals surface area (Å²) in [5.74, 6) is 1.47. The van der Waals surface area contributed by atoms with Crippen LogP contribution >= 0.6 is 0 Å². The lowest BCUT2D eigenvalue weighted by atomic mass is 10.2. The van der Waals surface area contributed by atoms with Crippen molar-refractivity contribution in [2.75, 3.05) is 0 Å². The number of amides is 1. The lowest BCUT2D eigenvalue weighted by molar-refractivity contribution is 0.0909. The monoisotopic (exact) mass is 248 g/mol. The van der Waals surface area contributed by atoms with Crippen LogP contribution in [0.5, 0.6) is 0 Å². The summed E-state index contributed by atoms with van der Waals surface area (Å²) in [5, 5.41) is 2.84. The largest absolute Gasteiger partial charge is 0.469 e. The van der Waals surface area contributed by atoms with E-state index in [2.05, 4.69) is 5.32 Å². The van der Waals surface area contributed by atoms with E-state index in [0.29, 0.717) is 12.2 Å². The number of carbonyl (C=O) groups is 1. The Kier molecular flexibility index (Phi) is 3.84. The highest BCUT2D eigenvalue weighted by Gasteiger charge is 2.14. The Morgan fingerprint density at radius 2 is 2.22 bits per heavy atom. The summed E-state index contributed by atoms with van der Waals surface area (Å²) >= 11 is 0. The second-order valence-electron chi connectivity index (χ2n) is 4.13. The van der Waals surface area contributed by atoms with Gasteiger partial charge in [-0.2, -0.15) is 0 Å². The van der Waals surface area contributed by atoms with Crippen molar-refractivity contribution in [1.82, 2.24) is 5.32 Å². The lowest BCUT2D eigenvalue weighted by Crippen LogP contribution is -2.33. The van der Waals surface area contributed by atoms with E-state index in [-0.39, 0.29) is 24.3 Å². The summed E-state index contributed by atoms with van der Waals surface area (Å²) in [7, 11) is 0. The quantitative estimate of drug-likeness (QED) is 0.843. The van der Waals surface area contributed by atoms with E-state index < -0.39 is 0 Å². The first-order valence-electron chi connectivity index (χ1n) is 5.81. The number of nitrogens with one attached hydrogen (secondary N) is 1. The molecule has 1 unspecified atom stereocenters. The first-order chi connectivity index (χ1) is 8.69. The molecule has 18 heavy (non-hydrogen) atoms. The maximum atomic E-state index is 11.8. The molecule has 0 fully saturated rings. The van der Waals surface area contributed by atoms with E-state index in [0.717, 1.165) is 5.76 Å². The fraction of sp³-hybridized carbons (Fsp3) is 0.308. The summed E-state index contributed by atoms with van der Waals surface area (Å²) in [6.45, 7) is 2.20. The number of nitrogens with two attached hydrogens (primary N) is 1. The molecule has 0 radical (unpaired) electrons. The zero-order valence-electron chi connectivity index (χ0n) is 10.2. The highest BCUT2D eigenvalue weighted by Crippen LogP contribution is 2.08. The number of hydrogen-bond donors (Lipinski definition) is 2. The summed E-state index contributed by atoms with van der Waals surface area (Å²) in [6, 6.07) is 6.99. The predicted octanol–water partition coefficient (Wildman–Crippen LogP) is 1.69. The van der Waals surface area contributed by atoms with Gasteiger partial charge in [-0.1, -0.05) is 0 Å². The molecule has 0 spiro atoms. The highest BCUT2D eigenvalue weighted by atomic mass is 16.4. The molecule has 5 nitrogen and oxygen atoms in total. The maximum absolute atomic E-state index is 11.8. The highest BCUT2D eigenvalue weighted by molar-refractivity contribution is 5.91. The van der Waals surface area contributed by atoms with E-state index in [1.165, 1.54) is 0 Å². The second-order valence-corrected chi connectivity index (χ2v) is 4.13. The number of hydrogen-bond acceptors (Lipinski definition) is 4. The van der Waals surface area contributed by atoms with Crippen LogP contribution in [0.3, 0.4) is 0 Å². The first kappa shape index (κ1) is 12.4. The van der Waals surface area contributed by atoms with Crippen LogP contribution in [0.25, 0.3) is 0 Å². The molecule has 0 aliphatic rings. The smallest absolute Gasteiger partial charge is 0.287 e. The molecule has 0 saturated carbocycles. The fourth-order valence-corrected chi connectivity index (χ4v) is 1.69. The minimum atomic E-state index is -0.242. The molecule has 5 heteroatoms. The van der Waals surface area contributed by atoms with E-state index in [1.807, 2.05) is 19.1 Å². The minimum absolute atomic E-state index is 0.0323. The molecule has 1 amide bonds. The average molecular weight is 248 g/mol. The molecular weight excluding hydrogens is 232 g/mol. The van der Waals surface area contributed by atoms with Gasteiger partial charge in [-0.05, 0) is 31.2 Å². The van der Waals surface area contributed by atoms with Crippen LogP contribution in [-0.4, -0.2) is 11.9 Å². The molecule has 3 N–H and O–H groups in total. The van der Waals surface area contributed by atoms with Crippen molar-refractivity contribution in [2.24, 2.45) is 5.73 Å². The number of rotatable bonds is 5. The van der Waals surface area contributed by atoms with E-state index in [1.54, 1.807) is 18.4 Å². The van der Waals surface area contributed by atoms with Crippen LogP contribution in [0.4, 0.5) is 0 Å². The van der Waals surface area contributed by atoms with Crippen molar-refractivity contribution in [1.29, 1.82) is 0 Å². The van der Waals surface area contributed by atoms with Crippen LogP contribution in [-0.2, 0) is 13.0 Å². The van der Waals surface area contributed by atoms with Crippen LogP contribution in [0.2, 0.25) is 0 Å². The number of furan rings is 2. The molecule has 2 rings (SSSR count). The predicted molar refractivity (Wildman–Crippen MR) is 65.9 cm³/mol. The van der Waals surface area contributed by atoms with Gasteiger partial charge < -0.3 is 19.9 Å². The maximum Gasteiger partial charge on any atom is 0.287 e. The van der Waals surface area contributed by atoms with Gasteiger partial charge in [-0.25, -0.2) is 0 Å². The summed E-state index contributed by atoms with van der Waals surface area (Å²) in [4.78, 5) is 11.8. The third kappa shape index (κ3) is 3.01. The summed E-state index contributed by atoms with van der Waals surface area (Å²) in [6.07, 6.45) is 2.26. The van der Waals surface area contributed by atoms with Gasteiger partial charge in [0.1, 0.15) is 11.5 Å². The Bertz CT molecular complexity index is 502. The van der Waals surface area contributed by atoms with Gasteiger partial charge in [0.05, 0.1) is 12.8 Å². The molecular formula is C13H16N2O3. The van der Waals surface area contributed by atoms with Crippen molar-refractivity contribution in [3.63, 3.8) is 0 Å². The molecule has 0 aliphatic carbocycles. The third-order valence-corrected chi connectivity index (χ3v) is 2.55. The SMILES string of the molecule is CC(Cc1ccco1)NC(=O)c1ccc(CN)o1. The molecule has 0 bridgehead atoms. The van der Waals surface area contributed by atoms with Gasteiger partial charge in [-0.15, -0.1) is 0 Å². The van der Waals surface area contributed by atoms with Crippen molar-refractivity contribution < 1.29 is 13.6 Å². The molecule has 96 valence electrons. The van der Waals surface area contributed by atoms with E-state index in [4.69, 9.17) is 14.6 Å². The Morgan fingerprint density at radius 3 is 2.83 bits per heavy atom. The first-order valence-corrected chi connectivity index (χ1v) is 5.81. The molecule has 2 aromatic rings. The number of carbonyl (C=O) groups excluding carboxylic acids is 1. The van der Waals surface area contributed by atoms with E-state index >= 15 is 0 Å². The topological polar surface area (TPSA) is 81.4 Å². The minimum Gasteiger partial charge on any atom is -0.469 e. The normalized spacial score (nSPS) is 12.3. The van der Waals surface area contributed by atoms with Gasteiger partial charge >= 0.3 is 0 Å². The van der Waals surface area contributed by atoms with Crippen LogP contribution in [0, 0.1) is 0 Å². The van der Waals surface area contributed by atoms with Crippen molar-refractivity contribution in [3.05, 3.63) is 47.8 Å². The lowest BCUT2D eigenvalue weighted by Gasteiger charge is -2.11. The molecule has 0 saturated heterocycles. The standard InChI is InChI=1S/C13H16N2O3/c1-9(7-10-3-2-6-17-10)15-13(16)12-5-4-11(8-14)18-12/h2-6,9H,7-8,14H2,1H3,(H,15,16). The van der Waals surface area contributed by atoms with Crippen molar-refractivity contribution in [2.45, 2.75) is 25.9 Å². The Labute approximate surface area is 105 Å². The van der Waals surface area contributed by atoms with Gasteiger partial charge in [0.2, 0.25) is 0 Å². The van der Waals surface area contributed by atoms with Crippen LogP contribution < -0.4 is 11.1 Å². The van der Waals surface area contributed by atoms with Crippen molar-refractivity contribution >= 4 is 5.91 Å². The Hall–Kier alpha value is -2.01. The van der Waals surface area contributed by atoms with Gasteiger partial charge in [0.25, 0.3) is 5.91 Å².